The van der Waals surface area contributed by atoms with E-state index in [1.165, 1.54) is 0 Å². The zero-order chi connectivity index (χ0) is 12.0. The molecule has 1 aliphatic carbocycles. The van der Waals surface area contributed by atoms with Crippen LogP contribution in [0.3, 0.4) is 0 Å². The standard InChI is InChI=1S/C10H14ClN3O2S/c11-10-13-12-9(8-1-2-8)14(10)5-7-3-4-17(15,16)6-7/h7-8H,1-6H2. The number of hydrogen-bond donors (Lipinski definition) is 0. The van der Waals surface area contributed by atoms with Crippen LogP contribution in [0.15, 0.2) is 0 Å². The molecular weight excluding hydrogens is 262 g/mol. The lowest BCUT2D eigenvalue weighted by molar-refractivity contribution is 0.478. The predicted octanol–water partition coefficient (Wildman–Crippen LogP) is 1.24. The van der Waals surface area contributed by atoms with Crippen molar-refractivity contribution in [1.82, 2.24) is 14.8 Å². The second-order valence-corrected chi connectivity index (χ2v) is 7.55. The Morgan fingerprint density at radius 2 is 2.06 bits per heavy atom. The Balaban J connectivity index is 1.79. The summed E-state index contributed by atoms with van der Waals surface area (Å²) in [6, 6.07) is 0. The van der Waals surface area contributed by atoms with Crippen LogP contribution in [0.25, 0.3) is 0 Å². The predicted molar refractivity (Wildman–Crippen MR) is 63.8 cm³/mol. The summed E-state index contributed by atoms with van der Waals surface area (Å²) in [5.41, 5.74) is 0. The summed E-state index contributed by atoms with van der Waals surface area (Å²) >= 11 is 6.01. The van der Waals surface area contributed by atoms with E-state index in [1.807, 2.05) is 4.57 Å². The molecule has 1 aromatic heterocycles. The van der Waals surface area contributed by atoms with E-state index >= 15 is 0 Å². The zero-order valence-corrected chi connectivity index (χ0v) is 10.9. The van der Waals surface area contributed by atoms with Gasteiger partial charge in [-0.2, -0.15) is 0 Å². The monoisotopic (exact) mass is 275 g/mol. The number of rotatable bonds is 3. The van der Waals surface area contributed by atoms with Gasteiger partial charge in [0.15, 0.2) is 9.84 Å². The molecular formula is C10H14ClN3O2S. The fourth-order valence-corrected chi connectivity index (χ4v) is 4.42. The van der Waals surface area contributed by atoms with Crippen LogP contribution < -0.4 is 0 Å². The zero-order valence-electron chi connectivity index (χ0n) is 9.34. The lowest BCUT2D eigenvalue weighted by Gasteiger charge is -2.11. The molecule has 1 atom stereocenters. The number of sulfone groups is 1. The number of halogens is 1. The molecule has 0 spiro atoms. The third-order valence-corrected chi connectivity index (χ3v) is 5.56. The molecule has 0 amide bonds. The lowest BCUT2D eigenvalue weighted by atomic mass is 10.1. The van der Waals surface area contributed by atoms with Crippen LogP contribution >= 0.6 is 11.6 Å². The largest absolute Gasteiger partial charge is 0.301 e. The van der Waals surface area contributed by atoms with Crippen molar-refractivity contribution in [2.45, 2.75) is 31.7 Å². The highest BCUT2D eigenvalue weighted by Crippen LogP contribution is 2.40. The number of aromatic nitrogens is 3. The van der Waals surface area contributed by atoms with Gasteiger partial charge in [-0.25, -0.2) is 8.42 Å². The Hall–Kier alpha value is -0.620. The van der Waals surface area contributed by atoms with Crippen LogP contribution in [0, 0.1) is 5.92 Å². The van der Waals surface area contributed by atoms with Gasteiger partial charge in [-0.15, -0.1) is 10.2 Å². The van der Waals surface area contributed by atoms with Gasteiger partial charge < -0.3 is 4.57 Å². The van der Waals surface area contributed by atoms with Gasteiger partial charge in [0, 0.05) is 12.5 Å². The molecule has 1 aromatic rings. The molecule has 2 aliphatic rings. The minimum Gasteiger partial charge on any atom is -0.301 e. The molecule has 1 saturated heterocycles. The van der Waals surface area contributed by atoms with Crippen molar-refractivity contribution < 1.29 is 8.42 Å². The minimum atomic E-state index is -2.83. The summed E-state index contributed by atoms with van der Waals surface area (Å²) < 4.78 is 24.7. The van der Waals surface area contributed by atoms with Crippen LogP contribution in [0.1, 0.15) is 31.0 Å². The van der Waals surface area contributed by atoms with E-state index in [1.54, 1.807) is 0 Å². The van der Waals surface area contributed by atoms with Gasteiger partial charge in [0.05, 0.1) is 11.5 Å². The van der Waals surface area contributed by atoms with E-state index in [-0.39, 0.29) is 11.7 Å². The topological polar surface area (TPSA) is 64.8 Å². The van der Waals surface area contributed by atoms with Crippen molar-refractivity contribution in [3.63, 3.8) is 0 Å². The fraction of sp³-hybridized carbons (Fsp3) is 0.800. The fourth-order valence-electron chi connectivity index (χ4n) is 2.38. The van der Waals surface area contributed by atoms with Gasteiger partial charge in [0.2, 0.25) is 5.28 Å². The Morgan fingerprint density at radius 1 is 1.29 bits per heavy atom. The SMILES string of the molecule is O=S1(=O)CCC(Cn2c(Cl)nnc2C2CC2)C1. The Kier molecular flexibility index (Phi) is 2.66. The summed E-state index contributed by atoms with van der Waals surface area (Å²) in [5.74, 6) is 2.14. The number of nitrogens with zero attached hydrogens (tertiary/aromatic N) is 3. The summed E-state index contributed by atoms with van der Waals surface area (Å²) in [5, 5.41) is 8.36. The maximum Gasteiger partial charge on any atom is 0.225 e. The molecule has 2 fully saturated rings. The molecule has 1 aliphatic heterocycles. The van der Waals surface area contributed by atoms with Gasteiger partial charge in [0.1, 0.15) is 5.82 Å². The van der Waals surface area contributed by atoms with Gasteiger partial charge in [-0.1, -0.05) is 0 Å². The summed E-state index contributed by atoms with van der Waals surface area (Å²) in [6.45, 7) is 0.636. The van der Waals surface area contributed by atoms with E-state index < -0.39 is 9.84 Å². The van der Waals surface area contributed by atoms with Crippen LogP contribution in [0.4, 0.5) is 0 Å². The van der Waals surface area contributed by atoms with Crippen LogP contribution in [-0.4, -0.2) is 34.7 Å². The maximum absolute atomic E-state index is 11.4. The van der Waals surface area contributed by atoms with Gasteiger partial charge in [-0.3, -0.25) is 0 Å². The Labute approximate surface area is 105 Å². The quantitative estimate of drug-likeness (QED) is 0.833. The highest BCUT2D eigenvalue weighted by atomic mass is 35.5. The van der Waals surface area contributed by atoms with E-state index in [0.29, 0.717) is 23.5 Å². The van der Waals surface area contributed by atoms with Crippen molar-refractivity contribution >= 4 is 21.4 Å². The summed E-state index contributed by atoms with van der Waals surface area (Å²) in [7, 11) is -2.83. The van der Waals surface area contributed by atoms with Crippen LogP contribution in [0.2, 0.25) is 5.28 Å². The first-order chi connectivity index (χ1) is 8.05. The van der Waals surface area contributed by atoms with E-state index in [4.69, 9.17) is 11.6 Å². The van der Waals surface area contributed by atoms with E-state index in [9.17, 15) is 8.42 Å². The van der Waals surface area contributed by atoms with E-state index in [2.05, 4.69) is 10.2 Å². The van der Waals surface area contributed by atoms with Gasteiger partial charge in [-0.05, 0) is 36.8 Å². The molecule has 2 heterocycles. The molecule has 0 N–H and O–H groups in total. The minimum absolute atomic E-state index is 0.158. The van der Waals surface area contributed by atoms with E-state index in [0.717, 1.165) is 25.1 Å². The van der Waals surface area contributed by atoms with Crippen LogP contribution in [-0.2, 0) is 16.4 Å². The summed E-state index contributed by atoms with van der Waals surface area (Å²) in [6.07, 6.45) is 3.00. The molecule has 3 rings (SSSR count). The molecule has 17 heavy (non-hydrogen) atoms. The normalized spacial score (nSPS) is 27.5. The Bertz CT molecular complexity index is 536. The average molecular weight is 276 g/mol. The molecule has 94 valence electrons. The molecule has 0 radical (unpaired) electrons. The maximum atomic E-state index is 11.4. The summed E-state index contributed by atoms with van der Waals surface area (Å²) in [4.78, 5) is 0. The first-order valence-electron chi connectivity index (χ1n) is 5.84. The van der Waals surface area contributed by atoms with Gasteiger partial charge >= 0.3 is 0 Å². The third-order valence-electron chi connectivity index (χ3n) is 3.44. The molecule has 5 nitrogen and oxygen atoms in total. The molecule has 1 unspecified atom stereocenters. The van der Waals surface area contributed by atoms with Crippen LogP contribution in [0.5, 0.6) is 0 Å². The van der Waals surface area contributed by atoms with Crippen molar-refractivity contribution in [3.05, 3.63) is 11.1 Å². The smallest absolute Gasteiger partial charge is 0.225 e. The second kappa shape index (κ2) is 3.95. The highest BCUT2D eigenvalue weighted by Gasteiger charge is 2.33. The number of hydrogen-bond acceptors (Lipinski definition) is 4. The van der Waals surface area contributed by atoms with Crippen molar-refractivity contribution in [2.24, 2.45) is 5.92 Å². The first-order valence-corrected chi connectivity index (χ1v) is 8.04. The van der Waals surface area contributed by atoms with Crippen molar-refractivity contribution in [1.29, 1.82) is 0 Å². The first kappa shape index (κ1) is 11.5. The highest BCUT2D eigenvalue weighted by molar-refractivity contribution is 7.91. The molecule has 1 saturated carbocycles. The lowest BCUT2D eigenvalue weighted by Crippen LogP contribution is -2.14. The molecule has 0 bridgehead atoms. The Morgan fingerprint density at radius 3 is 2.65 bits per heavy atom. The molecule has 7 heteroatoms. The second-order valence-electron chi connectivity index (χ2n) is 4.98. The van der Waals surface area contributed by atoms with Crippen molar-refractivity contribution in [2.75, 3.05) is 11.5 Å². The van der Waals surface area contributed by atoms with Gasteiger partial charge in [0.25, 0.3) is 0 Å². The average Bonchev–Trinajstić information content (AvgIpc) is 2.95. The van der Waals surface area contributed by atoms with Crippen molar-refractivity contribution in [3.8, 4) is 0 Å². The molecule has 0 aromatic carbocycles. The third kappa shape index (κ3) is 2.33.